The Morgan fingerprint density at radius 3 is 1.31 bits per heavy atom. The molecule has 0 spiro atoms. The summed E-state index contributed by atoms with van der Waals surface area (Å²) >= 11 is 0. The van der Waals surface area contributed by atoms with E-state index in [-0.39, 0.29) is 24.3 Å². The van der Waals surface area contributed by atoms with Gasteiger partial charge in [-0.3, -0.25) is 9.80 Å². The Morgan fingerprint density at radius 2 is 0.826 bits per heavy atom. The summed E-state index contributed by atoms with van der Waals surface area (Å²) < 4.78 is 11.4. The number of ether oxygens (including phenoxy) is 2. The van der Waals surface area contributed by atoms with E-state index < -0.39 is 11.2 Å². The molecular formula is C70H80N12O4. The second-order valence-electron chi connectivity index (χ2n) is 26.0. The molecule has 10 aromatic rings. The van der Waals surface area contributed by atoms with E-state index in [1.807, 2.05) is 69.8 Å². The fourth-order valence-electron chi connectivity index (χ4n) is 12.9. The summed E-state index contributed by atoms with van der Waals surface area (Å²) in [5.74, 6) is 3.71. The van der Waals surface area contributed by atoms with Gasteiger partial charge in [-0.25, -0.2) is 29.5 Å². The number of benzene rings is 6. The second kappa shape index (κ2) is 23.8. The van der Waals surface area contributed by atoms with Crippen molar-refractivity contribution in [2.24, 2.45) is 0 Å². The van der Waals surface area contributed by atoms with E-state index in [9.17, 15) is 9.59 Å². The van der Waals surface area contributed by atoms with Crippen molar-refractivity contribution in [2.75, 3.05) is 26.2 Å². The summed E-state index contributed by atoms with van der Waals surface area (Å²) in [5, 5.41) is 11.9. The van der Waals surface area contributed by atoms with Crippen LogP contribution in [0, 0.1) is 0 Å². The topological polar surface area (TPSA) is 198 Å². The molecule has 6 N–H and O–H groups in total. The van der Waals surface area contributed by atoms with Gasteiger partial charge in [-0.05, 0) is 211 Å². The van der Waals surface area contributed by atoms with Gasteiger partial charge in [0.05, 0.1) is 70.0 Å². The Hall–Kier alpha value is -8.34. The van der Waals surface area contributed by atoms with Crippen LogP contribution in [0.15, 0.2) is 122 Å². The third-order valence-electron chi connectivity index (χ3n) is 17.3. The van der Waals surface area contributed by atoms with Crippen molar-refractivity contribution in [1.29, 1.82) is 0 Å². The lowest BCUT2D eigenvalue weighted by Gasteiger charge is -2.35. The van der Waals surface area contributed by atoms with Gasteiger partial charge >= 0.3 is 12.2 Å². The maximum atomic E-state index is 13.0. The fourth-order valence-corrected chi connectivity index (χ4v) is 12.9. The molecule has 4 saturated heterocycles. The highest BCUT2D eigenvalue weighted by Crippen LogP contribution is 2.37. The molecule has 4 aromatic heterocycles. The standard InChI is InChI=1S/C40H48N6O4.C30H32N6/c1-39(2,3)49-37(47)45-19-9-7-11-33(45)35-41-24-32(44-35)29-16-15-25-21-26(13-14-27(25)22-29)28-17-18-30-31(23-28)43-36(42-30)34-12-8-10-20-46(34)38(48)50-40(4,5)6;1-3-13-31-25(5-1)29-33-18-28(36-29)23-10-9-19-15-20(7-8-21(19)16-23)22-11-12-24-27(17-22)35-30(34-24)26-6-2-4-14-32-26/h13-18,21-24,33-34H,7-12,19-20H2,1-6H3,(H,41,44)(H,42,43);7-12,15-18,25-26,31-32H,1-6,13-14H2,(H,33,36)(H,34,35)/t33-,34-;25-,26-/m00/s1. The molecule has 2 amide bonds. The van der Waals surface area contributed by atoms with Crippen molar-refractivity contribution in [2.45, 2.75) is 154 Å². The van der Waals surface area contributed by atoms with Gasteiger partial charge in [0.2, 0.25) is 0 Å². The summed E-state index contributed by atoms with van der Waals surface area (Å²) in [4.78, 5) is 63.0. The number of imidazole rings is 4. The predicted molar refractivity (Wildman–Crippen MR) is 341 cm³/mol. The maximum Gasteiger partial charge on any atom is 0.410 e. The van der Waals surface area contributed by atoms with E-state index in [0.29, 0.717) is 25.2 Å². The molecule has 4 atom stereocenters. The Bertz CT molecular complexity index is 4070. The number of H-pyrrole nitrogens is 4. The zero-order chi connectivity index (χ0) is 59.1. The lowest BCUT2D eigenvalue weighted by atomic mass is 9.99. The number of carbonyl (C=O) groups is 2. The number of rotatable bonds is 8. The molecule has 444 valence electrons. The third-order valence-corrected chi connectivity index (χ3v) is 17.3. The average molecular weight is 1150 g/mol. The van der Waals surface area contributed by atoms with Crippen molar-refractivity contribution >= 4 is 55.8 Å². The molecule has 4 aliphatic heterocycles. The van der Waals surface area contributed by atoms with Crippen LogP contribution in [0.1, 0.15) is 166 Å². The minimum absolute atomic E-state index is 0.134. The van der Waals surface area contributed by atoms with Gasteiger partial charge in [-0.1, -0.05) is 73.5 Å². The molecule has 6 aromatic carbocycles. The number of hydrogen-bond donors (Lipinski definition) is 6. The smallest absolute Gasteiger partial charge is 0.410 e. The molecule has 0 radical (unpaired) electrons. The van der Waals surface area contributed by atoms with Gasteiger partial charge in [-0.2, -0.15) is 0 Å². The number of carbonyl (C=O) groups excluding carboxylic acids is 2. The van der Waals surface area contributed by atoms with Crippen LogP contribution < -0.4 is 10.6 Å². The molecular weight excluding hydrogens is 1070 g/mol. The van der Waals surface area contributed by atoms with Crippen LogP contribution in [0.5, 0.6) is 0 Å². The van der Waals surface area contributed by atoms with Crippen LogP contribution in [-0.2, 0) is 9.47 Å². The minimum atomic E-state index is -0.548. The number of nitrogens with one attached hydrogen (secondary N) is 6. The summed E-state index contributed by atoms with van der Waals surface area (Å²) in [6.07, 6.45) is 16.3. The van der Waals surface area contributed by atoms with Crippen LogP contribution >= 0.6 is 0 Å². The van der Waals surface area contributed by atoms with Crippen molar-refractivity contribution in [3.8, 4) is 44.8 Å². The summed E-state index contributed by atoms with van der Waals surface area (Å²) in [7, 11) is 0. The van der Waals surface area contributed by atoms with E-state index in [1.165, 1.54) is 53.1 Å². The van der Waals surface area contributed by atoms with Crippen molar-refractivity contribution < 1.29 is 19.1 Å². The highest BCUT2D eigenvalue weighted by Gasteiger charge is 2.35. The minimum Gasteiger partial charge on any atom is -0.444 e. The summed E-state index contributed by atoms with van der Waals surface area (Å²) in [6, 6.07) is 39.6. The highest BCUT2D eigenvalue weighted by molar-refractivity contribution is 5.93. The Labute approximate surface area is 502 Å². The number of fused-ring (bicyclic) bond motifs is 4. The molecule has 0 saturated carbocycles. The predicted octanol–water partition coefficient (Wildman–Crippen LogP) is 16.1. The molecule has 16 nitrogen and oxygen atoms in total. The lowest BCUT2D eigenvalue weighted by Crippen LogP contribution is -2.42. The van der Waals surface area contributed by atoms with Crippen LogP contribution in [0.4, 0.5) is 9.59 Å². The van der Waals surface area contributed by atoms with Crippen molar-refractivity contribution in [3.63, 3.8) is 0 Å². The van der Waals surface area contributed by atoms with Gasteiger partial charge < -0.3 is 40.0 Å². The highest BCUT2D eigenvalue weighted by atomic mass is 16.6. The van der Waals surface area contributed by atoms with Gasteiger partial charge in [0, 0.05) is 24.2 Å². The molecule has 0 bridgehead atoms. The fraction of sp³-hybridized carbons (Fsp3) is 0.400. The summed E-state index contributed by atoms with van der Waals surface area (Å²) in [5.41, 5.74) is 11.7. The van der Waals surface area contributed by atoms with E-state index in [4.69, 9.17) is 24.4 Å². The number of aromatic nitrogens is 8. The molecule has 14 rings (SSSR count). The molecule has 8 heterocycles. The largest absolute Gasteiger partial charge is 0.444 e. The second-order valence-corrected chi connectivity index (χ2v) is 26.0. The number of nitrogens with zero attached hydrogens (tertiary/aromatic N) is 6. The number of piperidine rings is 4. The molecule has 0 aliphatic carbocycles. The monoisotopic (exact) mass is 1150 g/mol. The average Bonchev–Trinajstić information content (AvgIpc) is 3.63. The van der Waals surface area contributed by atoms with Crippen molar-refractivity contribution in [1.82, 2.24) is 60.3 Å². The third kappa shape index (κ3) is 12.5. The number of amides is 2. The normalized spacial score (nSPS) is 19.7. The first-order valence-electron chi connectivity index (χ1n) is 31.3. The number of hydrogen-bond acceptors (Lipinski definition) is 10. The quantitative estimate of drug-likeness (QED) is 0.0851. The van der Waals surface area contributed by atoms with Gasteiger partial charge in [0.1, 0.15) is 34.5 Å². The Morgan fingerprint density at radius 1 is 0.430 bits per heavy atom. The SMILES string of the molecule is CC(C)(C)OC(=O)N1CCCC[C@H]1c1ncc(-c2ccc3cc(-c4ccc5nc([C@@H]6CCCCN6C(=O)OC(C)(C)C)[nH]c5c4)ccc3c2)[nH]1.c1cc2cc(-c3cnc([C@@H]4CCCCN4)[nH]3)ccc2cc1-c1ccc2nc([C@@H]3CCCCN3)[nH]c2c1. The zero-order valence-electron chi connectivity index (χ0n) is 50.5. The van der Waals surface area contributed by atoms with Crippen LogP contribution in [0.25, 0.3) is 88.4 Å². The lowest BCUT2D eigenvalue weighted by molar-refractivity contribution is 0.00760. The molecule has 4 aliphatic rings. The molecule has 4 fully saturated rings. The first kappa shape index (κ1) is 56.8. The van der Waals surface area contributed by atoms with Gasteiger partial charge in [0.15, 0.2) is 0 Å². The van der Waals surface area contributed by atoms with E-state index in [2.05, 4.69) is 139 Å². The van der Waals surface area contributed by atoms with E-state index in [0.717, 1.165) is 149 Å². The zero-order valence-corrected chi connectivity index (χ0v) is 50.5. The first-order chi connectivity index (χ1) is 41.6. The van der Waals surface area contributed by atoms with Crippen LogP contribution in [-0.4, -0.2) is 99.2 Å². The number of likely N-dealkylation sites (tertiary alicyclic amines) is 2. The van der Waals surface area contributed by atoms with Crippen LogP contribution in [0.2, 0.25) is 0 Å². The number of aromatic amines is 4. The van der Waals surface area contributed by atoms with Gasteiger partial charge in [0.25, 0.3) is 0 Å². The van der Waals surface area contributed by atoms with E-state index in [1.54, 1.807) is 0 Å². The molecule has 16 heteroatoms. The molecule has 86 heavy (non-hydrogen) atoms. The van der Waals surface area contributed by atoms with E-state index >= 15 is 0 Å². The van der Waals surface area contributed by atoms with Gasteiger partial charge in [-0.15, -0.1) is 0 Å². The first-order valence-corrected chi connectivity index (χ1v) is 31.3. The Kier molecular flexibility index (Phi) is 15.7. The Balaban J connectivity index is 0.000000168. The van der Waals surface area contributed by atoms with Crippen LogP contribution in [0.3, 0.4) is 0 Å². The maximum absolute atomic E-state index is 13.0. The summed E-state index contributed by atoms with van der Waals surface area (Å²) in [6.45, 7) is 14.8. The molecule has 0 unspecified atom stereocenters. The van der Waals surface area contributed by atoms with Crippen molar-refractivity contribution in [3.05, 3.63) is 145 Å².